The van der Waals surface area contributed by atoms with Crippen molar-refractivity contribution in [1.82, 2.24) is 9.62 Å². The number of hydrogen-bond donors (Lipinski definition) is 2. The molecule has 2 aromatic rings. The molecule has 6 nitrogen and oxygen atoms in total. The number of nitrogens with zero attached hydrogens (tertiary/aromatic N) is 1. The second kappa shape index (κ2) is 8.81. The van der Waals surface area contributed by atoms with Gasteiger partial charge in [0.15, 0.2) is 6.54 Å². The van der Waals surface area contributed by atoms with Crippen molar-refractivity contribution in [2.75, 3.05) is 32.7 Å². The van der Waals surface area contributed by atoms with E-state index < -0.39 is 10.0 Å². The lowest BCUT2D eigenvalue weighted by atomic mass is 10.2. The molecule has 1 aliphatic heterocycles. The molecule has 1 heterocycles. The molecule has 2 aromatic carbocycles. The summed E-state index contributed by atoms with van der Waals surface area (Å²) in [6.45, 7) is 4.48. The van der Waals surface area contributed by atoms with Crippen LogP contribution >= 0.6 is 0 Å². The van der Waals surface area contributed by atoms with Crippen LogP contribution in [0.3, 0.4) is 0 Å². The van der Waals surface area contributed by atoms with Gasteiger partial charge in [0.1, 0.15) is 5.82 Å². The van der Waals surface area contributed by atoms with Gasteiger partial charge in [-0.1, -0.05) is 29.8 Å². The molecule has 0 saturated carbocycles. The first-order chi connectivity index (χ1) is 13.3. The smallest absolute Gasteiger partial charge is 0.275 e. The molecule has 3 rings (SSSR count). The normalized spacial score (nSPS) is 16.1. The van der Waals surface area contributed by atoms with Crippen LogP contribution in [-0.4, -0.2) is 51.4 Å². The molecule has 150 valence electrons. The van der Waals surface area contributed by atoms with Crippen LogP contribution in [0.1, 0.15) is 11.1 Å². The van der Waals surface area contributed by atoms with E-state index in [0.717, 1.165) is 16.0 Å². The molecule has 0 aromatic heterocycles. The third-order valence-corrected chi connectivity index (χ3v) is 6.81. The first-order valence-electron chi connectivity index (χ1n) is 9.26. The van der Waals surface area contributed by atoms with Crippen LogP contribution in [0.2, 0.25) is 0 Å². The lowest BCUT2D eigenvalue weighted by Gasteiger charge is -2.31. The van der Waals surface area contributed by atoms with Crippen LogP contribution in [0.4, 0.5) is 4.39 Å². The van der Waals surface area contributed by atoms with Gasteiger partial charge in [-0.05, 0) is 36.8 Å². The van der Waals surface area contributed by atoms with Gasteiger partial charge >= 0.3 is 0 Å². The summed E-state index contributed by atoms with van der Waals surface area (Å²) in [4.78, 5) is 13.5. The van der Waals surface area contributed by atoms with Gasteiger partial charge in [0.25, 0.3) is 5.91 Å². The number of rotatable bonds is 6. The van der Waals surface area contributed by atoms with Crippen molar-refractivity contribution < 1.29 is 22.5 Å². The van der Waals surface area contributed by atoms with Gasteiger partial charge in [-0.3, -0.25) is 4.79 Å². The van der Waals surface area contributed by atoms with E-state index in [9.17, 15) is 17.6 Å². The SMILES string of the molecule is Cc1ccc(S(=O)(=O)N2CC[NH+](CC(=O)NCc3ccc(F)cc3)CC2)cc1. The molecule has 0 radical (unpaired) electrons. The fourth-order valence-electron chi connectivity index (χ4n) is 3.17. The van der Waals surface area contributed by atoms with Crippen molar-refractivity contribution in [1.29, 1.82) is 0 Å². The Labute approximate surface area is 165 Å². The molecular weight excluding hydrogens is 381 g/mol. The van der Waals surface area contributed by atoms with E-state index in [2.05, 4.69) is 5.32 Å². The summed E-state index contributed by atoms with van der Waals surface area (Å²) in [6, 6.07) is 12.8. The van der Waals surface area contributed by atoms with E-state index in [1.165, 1.54) is 16.4 Å². The summed E-state index contributed by atoms with van der Waals surface area (Å²) < 4.78 is 39.8. The lowest BCUT2D eigenvalue weighted by Crippen LogP contribution is -3.15. The van der Waals surface area contributed by atoms with Gasteiger partial charge in [0.2, 0.25) is 10.0 Å². The van der Waals surface area contributed by atoms with E-state index in [4.69, 9.17) is 0 Å². The average Bonchev–Trinajstić information content (AvgIpc) is 2.68. The molecule has 0 aliphatic carbocycles. The molecule has 2 N–H and O–H groups in total. The van der Waals surface area contributed by atoms with E-state index >= 15 is 0 Å². The average molecular weight is 407 g/mol. The number of hydrogen-bond acceptors (Lipinski definition) is 3. The van der Waals surface area contributed by atoms with Crippen LogP contribution in [-0.2, 0) is 21.4 Å². The number of quaternary nitrogens is 1. The highest BCUT2D eigenvalue weighted by Gasteiger charge is 2.31. The summed E-state index contributed by atoms with van der Waals surface area (Å²) in [5.74, 6) is -0.410. The second-order valence-electron chi connectivity index (χ2n) is 7.05. The fraction of sp³-hybridized carbons (Fsp3) is 0.350. The zero-order valence-electron chi connectivity index (χ0n) is 15.8. The number of aryl methyl sites for hydroxylation is 1. The Hall–Kier alpha value is -2.29. The molecule has 8 heteroatoms. The molecule has 0 unspecified atom stereocenters. The predicted octanol–water partition coefficient (Wildman–Crippen LogP) is 0.340. The van der Waals surface area contributed by atoms with Crippen molar-refractivity contribution in [2.24, 2.45) is 0 Å². The number of nitrogens with one attached hydrogen (secondary N) is 2. The Bertz CT molecular complexity index is 907. The van der Waals surface area contributed by atoms with Crippen LogP contribution in [0, 0.1) is 12.7 Å². The maximum Gasteiger partial charge on any atom is 0.275 e. The maximum absolute atomic E-state index is 12.9. The quantitative estimate of drug-likeness (QED) is 0.727. The standard InChI is InChI=1S/C20H24FN3O3S/c1-16-2-8-19(9-3-16)28(26,27)24-12-10-23(11-13-24)15-20(25)22-14-17-4-6-18(21)7-5-17/h2-9H,10-15H2,1H3,(H,22,25)/p+1. The Balaban J connectivity index is 1.47. The number of amides is 1. The van der Waals surface area contributed by atoms with Crippen LogP contribution in [0.15, 0.2) is 53.4 Å². The number of carbonyl (C=O) groups excluding carboxylic acids is 1. The van der Waals surface area contributed by atoms with E-state index in [1.807, 2.05) is 6.92 Å². The molecule has 0 bridgehead atoms. The van der Waals surface area contributed by atoms with E-state index in [1.54, 1.807) is 36.4 Å². The Morgan fingerprint density at radius 3 is 2.29 bits per heavy atom. The Morgan fingerprint density at radius 2 is 1.68 bits per heavy atom. The fourth-order valence-corrected chi connectivity index (χ4v) is 4.61. The van der Waals surface area contributed by atoms with Crippen LogP contribution in [0.25, 0.3) is 0 Å². The van der Waals surface area contributed by atoms with Gasteiger partial charge < -0.3 is 10.2 Å². The number of sulfonamides is 1. The van der Waals surface area contributed by atoms with Gasteiger partial charge in [-0.25, -0.2) is 12.8 Å². The molecule has 0 spiro atoms. The molecule has 1 saturated heterocycles. The van der Waals surface area contributed by atoms with E-state index in [0.29, 0.717) is 44.2 Å². The topological polar surface area (TPSA) is 70.9 Å². The number of piperazine rings is 1. The number of benzene rings is 2. The molecule has 1 aliphatic rings. The Kier molecular flexibility index (Phi) is 6.43. The van der Waals surface area contributed by atoms with Gasteiger partial charge in [0, 0.05) is 6.54 Å². The molecule has 1 amide bonds. The predicted molar refractivity (Wildman–Crippen MR) is 104 cm³/mol. The largest absolute Gasteiger partial charge is 0.347 e. The van der Waals surface area contributed by atoms with Crippen molar-refractivity contribution in [3.05, 3.63) is 65.5 Å². The lowest BCUT2D eigenvalue weighted by molar-refractivity contribution is -0.895. The highest BCUT2D eigenvalue weighted by atomic mass is 32.2. The van der Waals surface area contributed by atoms with Gasteiger partial charge in [-0.15, -0.1) is 0 Å². The maximum atomic E-state index is 12.9. The summed E-state index contributed by atoms with van der Waals surface area (Å²) in [7, 11) is -3.49. The monoisotopic (exact) mass is 406 g/mol. The minimum atomic E-state index is -3.49. The minimum Gasteiger partial charge on any atom is -0.347 e. The number of carbonyl (C=O) groups is 1. The summed E-state index contributed by atoms with van der Waals surface area (Å²) in [5.41, 5.74) is 1.85. The zero-order valence-corrected chi connectivity index (χ0v) is 16.6. The summed E-state index contributed by atoms with van der Waals surface area (Å²) in [6.07, 6.45) is 0. The highest BCUT2D eigenvalue weighted by Crippen LogP contribution is 2.16. The Morgan fingerprint density at radius 1 is 1.07 bits per heavy atom. The van der Waals surface area contributed by atoms with Crippen molar-refractivity contribution in [3.63, 3.8) is 0 Å². The zero-order chi connectivity index (χ0) is 20.1. The number of halogens is 1. The highest BCUT2D eigenvalue weighted by molar-refractivity contribution is 7.89. The van der Waals surface area contributed by atoms with Gasteiger partial charge in [0.05, 0.1) is 31.1 Å². The third kappa shape index (κ3) is 5.15. The first kappa shape index (κ1) is 20.4. The van der Waals surface area contributed by atoms with Crippen LogP contribution in [0.5, 0.6) is 0 Å². The summed E-state index contributed by atoms with van der Waals surface area (Å²) in [5, 5.41) is 2.82. The molecule has 0 atom stereocenters. The van der Waals surface area contributed by atoms with E-state index in [-0.39, 0.29) is 11.7 Å². The first-order valence-corrected chi connectivity index (χ1v) is 10.7. The molecular formula is C20H25FN3O3S+. The van der Waals surface area contributed by atoms with Gasteiger partial charge in [-0.2, -0.15) is 4.31 Å². The minimum absolute atomic E-state index is 0.103. The summed E-state index contributed by atoms with van der Waals surface area (Å²) >= 11 is 0. The second-order valence-corrected chi connectivity index (χ2v) is 8.99. The van der Waals surface area contributed by atoms with Crippen molar-refractivity contribution in [3.8, 4) is 0 Å². The third-order valence-electron chi connectivity index (χ3n) is 4.90. The molecule has 28 heavy (non-hydrogen) atoms. The van der Waals surface area contributed by atoms with Crippen molar-refractivity contribution >= 4 is 15.9 Å². The van der Waals surface area contributed by atoms with Crippen molar-refractivity contribution in [2.45, 2.75) is 18.4 Å². The molecule has 1 fully saturated rings. The van der Waals surface area contributed by atoms with Crippen LogP contribution < -0.4 is 10.2 Å².